The van der Waals surface area contributed by atoms with Gasteiger partial charge in [-0.05, 0) is 54.0 Å². The molecule has 0 bridgehead atoms. The third kappa shape index (κ3) is 8.12. The van der Waals surface area contributed by atoms with E-state index in [1.807, 2.05) is 54.6 Å². The van der Waals surface area contributed by atoms with Gasteiger partial charge in [0.15, 0.2) is 5.11 Å². The van der Waals surface area contributed by atoms with E-state index in [0.717, 1.165) is 24.3 Å². The predicted octanol–water partition coefficient (Wildman–Crippen LogP) is 4.64. The fraction of sp³-hybridized carbons (Fsp3) is 0.333. The van der Waals surface area contributed by atoms with Crippen LogP contribution >= 0.6 is 12.2 Å². The van der Waals surface area contributed by atoms with Crippen molar-refractivity contribution in [3.05, 3.63) is 65.7 Å². The van der Waals surface area contributed by atoms with E-state index < -0.39 is 0 Å². The second kappa shape index (κ2) is 12.0. The van der Waals surface area contributed by atoms with E-state index in [1.165, 1.54) is 24.8 Å². The summed E-state index contributed by atoms with van der Waals surface area (Å²) in [4.78, 5) is 0. The van der Waals surface area contributed by atoms with Gasteiger partial charge in [0.05, 0.1) is 12.8 Å². The van der Waals surface area contributed by atoms with Crippen molar-refractivity contribution in [2.24, 2.45) is 5.10 Å². The Bertz CT molecular complexity index is 671. The number of benzene rings is 2. The highest BCUT2D eigenvalue weighted by molar-refractivity contribution is 7.80. The van der Waals surface area contributed by atoms with Gasteiger partial charge in [-0.25, -0.2) is 0 Å². The minimum atomic E-state index is 0.497. The number of hydrazone groups is 1. The highest BCUT2D eigenvalue weighted by Gasteiger charge is 1.96. The van der Waals surface area contributed by atoms with Crippen molar-refractivity contribution in [2.45, 2.75) is 39.2 Å². The number of thiocarbonyl (C=S) groups is 1. The second-order valence-electron chi connectivity index (χ2n) is 6.02. The molecule has 2 N–H and O–H groups in total. The first-order valence-electron chi connectivity index (χ1n) is 9.11. The Morgan fingerprint density at radius 1 is 1.04 bits per heavy atom. The number of hydrogen-bond acceptors (Lipinski definition) is 3. The molecule has 2 rings (SSSR count). The number of hydrogen-bond donors (Lipinski definition) is 2. The van der Waals surface area contributed by atoms with Crippen LogP contribution in [0.5, 0.6) is 5.75 Å². The van der Waals surface area contributed by atoms with Crippen molar-refractivity contribution in [3.63, 3.8) is 0 Å². The topological polar surface area (TPSA) is 45.6 Å². The van der Waals surface area contributed by atoms with Gasteiger partial charge in [-0.3, -0.25) is 5.43 Å². The summed E-state index contributed by atoms with van der Waals surface area (Å²) in [5.41, 5.74) is 4.99. The lowest BCUT2D eigenvalue weighted by molar-refractivity contribution is 0.305. The van der Waals surface area contributed by atoms with Crippen molar-refractivity contribution in [2.75, 3.05) is 6.61 Å². The van der Waals surface area contributed by atoms with Gasteiger partial charge in [0.25, 0.3) is 0 Å². The lowest BCUT2D eigenvalue weighted by Crippen LogP contribution is -2.31. The van der Waals surface area contributed by atoms with E-state index in [2.05, 4.69) is 22.8 Å². The molecule has 0 fully saturated rings. The Kier molecular flexibility index (Phi) is 9.22. The van der Waals surface area contributed by atoms with E-state index in [4.69, 9.17) is 17.0 Å². The van der Waals surface area contributed by atoms with Crippen molar-refractivity contribution in [1.29, 1.82) is 0 Å². The molecule has 0 aliphatic rings. The Hall–Kier alpha value is -2.40. The second-order valence-corrected chi connectivity index (χ2v) is 6.42. The average Bonchev–Trinajstić information content (AvgIpc) is 2.68. The molecule has 26 heavy (non-hydrogen) atoms. The molecule has 0 unspecified atom stereocenters. The third-order valence-electron chi connectivity index (χ3n) is 3.82. The van der Waals surface area contributed by atoms with Crippen molar-refractivity contribution in [3.8, 4) is 5.75 Å². The molecule has 0 spiro atoms. The van der Waals surface area contributed by atoms with E-state index in [1.54, 1.807) is 6.21 Å². The van der Waals surface area contributed by atoms with E-state index in [-0.39, 0.29) is 0 Å². The van der Waals surface area contributed by atoms with E-state index in [0.29, 0.717) is 11.7 Å². The summed E-state index contributed by atoms with van der Waals surface area (Å²) >= 11 is 5.21. The van der Waals surface area contributed by atoms with Crippen LogP contribution in [0.15, 0.2) is 59.7 Å². The first kappa shape index (κ1) is 19.9. The van der Waals surface area contributed by atoms with Crippen LogP contribution in [0.1, 0.15) is 43.7 Å². The van der Waals surface area contributed by atoms with Crippen LogP contribution < -0.4 is 15.5 Å². The summed E-state index contributed by atoms with van der Waals surface area (Å²) in [7, 11) is 0. The number of ether oxygens (including phenoxy) is 1. The fourth-order valence-electron chi connectivity index (χ4n) is 2.35. The maximum Gasteiger partial charge on any atom is 0.187 e. The maximum absolute atomic E-state index is 5.73. The largest absolute Gasteiger partial charge is 0.494 e. The molecule has 5 heteroatoms. The number of nitrogens with one attached hydrogen (secondary N) is 2. The van der Waals surface area contributed by atoms with Crippen LogP contribution in [0.3, 0.4) is 0 Å². The van der Waals surface area contributed by atoms with Crippen molar-refractivity contribution < 1.29 is 4.74 Å². The van der Waals surface area contributed by atoms with Gasteiger partial charge in [0.2, 0.25) is 0 Å². The Morgan fingerprint density at radius 3 is 2.54 bits per heavy atom. The normalized spacial score (nSPS) is 10.7. The smallest absolute Gasteiger partial charge is 0.187 e. The Balaban J connectivity index is 1.66. The minimum Gasteiger partial charge on any atom is -0.494 e. The monoisotopic (exact) mass is 369 g/mol. The number of nitrogens with zero attached hydrogens (tertiary/aromatic N) is 1. The molecule has 0 heterocycles. The van der Waals surface area contributed by atoms with Crippen LogP contribution in [0, 0.1) is 0 Å². The molecular formula is C21H27N3OS. The van der Waals surface area contributed by atoms with Crippen molar-refractivity contribution >= 4 is 23.5 Å². The molecule has 2 aromatic carbocycles. The van der Waals surface area contributed by atoms with E-state index in [9.17, 15) is 0 Å². The van der Waals surface area contributed by atoms with Crippen LogP contribution in [0.2, 0.25) is 0 Å². The van der Waals surface area contributed by atoms with Gasteiger partial charge >= 0.3 is 0 Å². The van der Waals surface area contributed by atoms with Gasteiger partial charge in [-0.2, -0.15) is 5.10 Å². The lowest BCUT2D eigenvalue weighted by atomic mass is 10.2. The highest BCUT2D eigenvalue weighted by atomic mass is 32.1. The molecule has 0 saturated carbocycles. The van der Waals surface area contributed by atoms with Crippen LogP contribution in [0.4, 0.5) is 0 Å². The summed E-state index contributed by atoms with van der Waals surface area (Å²) in [6.07, 6.45) is 6.59. The fourth-order valence-corrected chi connectivity index (χ4v) is 2.48. The molecule has 2 aromatic rings. The number of rotatable bonds is 10. The van der Waals surface area contributed by atoms with Gasteiger partial charge in [-0.15, -0.1) is 0 Å². The zero-order valence-corrected chi connectivity index (χ0v) is 16.1. The molecule has 0 aromatic heterocycles. The Morgan fingerprint density at radius 2 is 1.81 bits per heavy atom. The van der Waals surface area contributed by atoms with Gasteiger partial charge in [0.1, 0.15) is 5.75 Å². The van der Waals surface area contributed by atoms with E-state index >= 15 is 0 Å². The molecule has 138 valence electrons. The average molecular weight is 370 g/mol. The SMILES string of the molecule is CCCCCCOc1ccc(/C=N\NC(=S)NCc2ccccc2)cc1. The summed E-state index contributed by atoms with van der Waals surface area (Å²) in [5, 5.41) is 7.78. The van der Waals surface area contributed by atoms with Crippen LogP contribution in [-0.2, 0) is 6.54 Å². The number of unbranched alkanes of at least 4 members (excludes halogenated alkanes) is 3. The van der Waals surface area contributed by atoms with Gasteiger partial charge < -0.3 is 10.1 Å². The molecular weight excluding hydrogens is 342 g/mol. The summed E-state index contributed by atoms with van der Waals surface area (Å²) < 4.78 is 5.73. The first-order chi connectivity index (χ1) is 12.8. The molecule has 0 radical (unpaired) electrons. The highest BCUT2D eigenvalue weighted by Crippen LogP contribution is 2.12. The van der Waals surface area contributed by atoms with Crippen molar-refractivity contribution in [1.82, 2.24) is 10.7 Å². The molecule has 0 atom stereocenters. The summed E-state index contributed by atoms with van der Waals surface area (Å²) in [6, 6.07) is 18.0. The predicted molar refractivity (Wildman–Crippen MR) is 113 cm³/mol. The summed E-state index contributed by atoms with van der Waals surface area (Å²) in [5.74, 6) is 0.895. The molecule has 0 aliphatic heterocycles. The zero-order chi connectivity index (χ0) is 18.5. The molecule has 0 saturated heterocycles. The maximum atomic E-state index is 5.73. The standard InChI is InChI=1S/C21H27N3OS/c1-2-3-4-8-15-25-20-13-11-19(12-14-20)17-23-24-21(26)22-16-18-9-6-5-7-10-18/h5-7,9-14,17H,2-4,8,15-16H2,1H3,(H2,22,24,26)/b23-17-. The molecule has 0 aliphatic carbocycles. The third-order valence-corrected chi connectivity index (χ3v) is 4.06. The zero-order valence-electron chi connectivity index (χ0n) is 15.3. The van der Waals surface area contributed by atoms with Gasteiger partial charge in [-0.1, -0.05) is 56.5 Å². The molecule has 0 amide bonds. The lowest BCUT2D eigenvalue weighted by Gasteiger charge is -2.07. The molecule has 4 nitrogen and oxygen atoms in total. The Labute approximate surface area is 161 Å². The van der Waals surface area contributed by atoms with Gasteiger partial charge in [0, 0.05) is 6.54 Å². The first-order valence-corrected chi connectivity index (χ1v) is 9.52. The quantitative estimate of drug-likeness (QED) is 0.277. The van der Waals surface area contributed by atoms with Crippen LogP contribution in [0.25, 0.3) is 0 Å². The van der Waals surface area contributed by atoms with Crippen LogP contribution in [-0.4, -0.2) is 17.9 Å². The summed E-state index contributed by atoms with van der Waals surface area (Å²) in [6.45, 7) is 3.66. The minimum absolute atomic E-state index is 0.497.